The molecule has 1 aromatic heterocycles. The molecule has 43 heavy (non-hydrogen) atoms. The van der Waals surface area contributed by atoms with Crippen LogP contribution < -0.4 is 20.3 Å². The second-order valence-corrected chi connectivity index (χ2v) is 12.9. The van der Waals surface area contributed by atoms with Gasteiger partial charge in [-0.1, -0.05) is 39.0 Å². The van der Waals surface area contributed by atoms with Crippen molar-refractivity contribution in [3.05, 3.63) is 77.6 Å². The van der Waals surface area contributed by atoms with Crippen LogP contribution in [-0.4, -0.2) is 67.1 Å². The Bertz CT molecular complexity index is 1580. The van der Waals surface area contributed by atoms with E-state index in [1.807, 2.05) is 20.8 Å². The van der Waals surface area contributed by atoms with E-state index in [0.717, 1.165) is 6.07 Å². The molecule has 0 bridgehead atoms. The van der Waals surface area contributed by atoms with E-state index in [4.69, 9.17) is 0 Å². The van der Waals surface area contributed by atoms with Crippen LogP contribution in [0.2, 0.25) is 0 Å². The molecule has 0 saturated carbocycles. The molecule has 0 spiro atoms. The van der Waals surface area contributed by atoms with Gasteiger partial charge >= 0.3 is 5.97 Å². The predicted octanol–water partition coefficient (Wildman–Crippen LogP) is 3.29. The third-order valence-corrected chi connectivity index (χ3v) is 8.62. The molecule has 0 radical (unpaired) electrons. The van der Waals surface area contributed by atoms with Gasteiger partial charge < -0.3 is 20.6 Å². The minimum Gasteiger partial charge on any atom is -0.480 e. The molecule has 14 heteroatoms. The highest BCUT2D eigenvalue weighted by Crippen LogP contribution is 2.29. The van der Waals surface area contributed by atoms with Crippen molar-refractivity contribution in [1.82, 2.24) is 20.0 Å². The highest BCUT2D eigenvalue weighted by atomic mass is 32.2. The van der Waals surface area contributed by atoms with Gasteiger partial charge in [-0.15, -0.1) is 0 Å². The number of carbonyl (C=O) groups excluding carboxylic acids is 1. The van der Waals surface area contributed by atoms with E-state index in [0.29, 0.717) is 37.4 Å². The second-order valence-electron chi connectivity index (χ2n) is 11.2. The SMILES string of the molecule is CC(C)(C)c1ccccc1S(=O)(=O)N[C@@H](CNC(=O)c1ccc(N2CCC(Nc3ncccn3)CC2)c(F)c1F)C(=O)O. The summed E-state index contributed by atoms with van der Waals surface area (Å²) in [6.45, 7) is 5.58. The molecule has 11 nitrogen and oxygen atoms in total. The molecule has 4 rings (SSSR count). The Morgan fingerprint density at radius 1 is 1.02 bits per heavy atom. The average molecular weight is 617 g/mol. The number of rotatable bonds is 10. The highest BCUT2D eigenvalue weighted by molar-refractivity contribution is 7.89. The fourth-order valence-corrected chi connectivity index (χ4v) is 6.43. The van der Waals surface area contributed by atoms with Crippen LogP contribution in [0.5, 0.6) is 0 Å². The smallest absolute Gasteiger partial charge is 0.323 e. The number of amides is 1. The van der Waals surface area contributed by atoms with E-state index in [-0.39, 0.29) is 16.6 Å². The topological polar surface area (TPSA) is 154 Å². The number of aliphatic carboxylic acids is 1. The van der Waals surface area contributed by atoms with Gasteiger partial charge in [0.1, 0.15) is 6.04 Å². The van der Waals surface area contributed by atoms with Crippen molar-refractivity contribution in [2.45, 2.75) is 56.0 Å². The van der Waals surface area contributed by atoms with E-state index in [1.54, 1.807) is 35.5 Å². The predicted molar refractivity (Wildman–Crippen MR) is 156 cm³/mol. The molecule has 1 amide bonds. The van der Waals surface area contributed by atoms with Gasteiger partial charge in [-0.05, 0) is 48.1 Å². The Labute approximate surface area is 248 Å². The summed E-state index contributed by atoms with van der Waals surface area (Å²) in [6, 6.07) is 8.57. The largest absolute Gasteiger partial charge is 0.480 e. The average Bonchev–Trinajstić information content (AvgIpc) is 2.97. The Morgan fingerprint density at radius 3 is 2.30 bits per heavy atom. The first-order valence-electron chi connectivity index (χ1n) is 13.7. The second kappa shape index (κ2) is 13.0. The van der Waals surface area contributed by atoms with Crippen LogP contribution in [-0.2, 0) is 20.2 Å². The molecule has 1 aliphatic rings. The van der Waals surface area contributed by atoms with Crippen LogP contribution in [0.1, 0.15) is 49.5 Å². The molecule has 1 saturated heterocycles. The number of anilines is 2. The summed E-state index contributed by atoms with van der Waals surface area (Å²) in [7, 11) is -4.32. The van der Waals surface area contributed by atoms with Crippen LogP contribution in [0.15, 0.2) is 59.8 Å². The fourth-order valence-electron chi connectivity index (χ4n) is 4.82. The van der Waals surface area contributed by atoms with Crippen LogP contribution in [0, 0.1) is 11.6 Å². The number of benzene rings is 2. The molecule has 2 heterocycles. The molecule has 3 aromatic rings. The van der Waals surface area contributed by atoms with Crippen LogP contribution >= 0.6 is 0 Å². The van der Waals surface area contributed by atoms with Gasteiger partial charge in [-0.3, -0.25) is 9.59 Å². The minimum absolute atomic E-state index is 0.00264. The maximum absolute atomic E-state index is 15.1. The molecule has 4 N–H and O–H groups in total. The van der Waals surface area contributed by atoms with Gasteiger partial charge in [0.25, 0.3) is 5.91 Å². The lowest BCUT2D eigenvalue weighted by molar-refractivity contribution is -0.138. The number of hydrogen-bond acceptors (Lipinski definition) is 8. The van der Waals surface area contributed by atoms with Crippen molar-refractivity contribution in [3.8, 4) is 0 Å². The van der Waals surface area contributed by atoms with E-state index in [1.165, 1.54) is 18.2 Å². The van der Waals surface area contributed by atoms with Crippen LogP contribution in [0.4, 0.5) is 20.4 Å². The van der Waals surface area contributed by atoms with Crippen molar-refractivity contribution >= 4 is 33.5 Å². The molecule has 1 atom stereocenters. The number of carbonyl (C=O) groups is 2. The van der Waals surface area contributed by atoms with Crippen LogP contribution in [0.3, 0.4) is 0 Å². The van der Waals surface area contributed by atoms with Gasteiger partial charge in [-0.2, -0.15) is 4.72 Å². The Morgan fingerprint density at radius 2 is 1.67 bits per heavy atom. The maximum Gasteiger partial charge on any atom is 0.323 e. The molecular weight excluding hydrogens is 582 g/mol. The number of carboxylic acids is 1. The molecule has 2 aromatic carbocycles. The van der Waals surface area contributed by atoms with Crippen LogP contribution in [0.25, 0.3) is 0 Å². The molecule has 1 fully saturated rings. The van der Waals surface area contributed by atoms with E-state index in [2.05, 4.69) is 25.3 Å². The first-order valence-corrected chi connectivity index (χ1v) is 15.2. The minimum atomic E-state index is -4.32. The zero-order valence-corrected chi connectivity index (χ0v) is 24.8. The van der Waals surface area contributed by atoms with Gasteiger partial charge in [0.15, 0.2) is 11.6 Å². The number of halogens is 2. The lowest BCUT2D eigenvalue weighted by Gasteiger charge is -2.34. The Hall–Kier alpha value is -4.17. The monoisotopic (exact) mass is 616 g/mol. The first kappa shape index (κ1) is 31.8. The number of hydrogen-bond donors (Lipinski definition) is 4. The summed E-state index contributed by atoms with van der Waals surface area (Å²) in [4.78, 5) is 34.5. The summed E-state index contributed by atoms with van der Waals surface area (Å²) in [5.41, 5.74) is -0.726. The Balaban J connectivity index is 1.40. The van der Waals surface area contributed by atoms with E-state index >= 15 is 8.78 Å². The van der Waals surface area contributed by atoms with Crippen molar-refractivity contribution in [3.63, 3.8) is 0 Å². The third kappa shape index (κ3) is 7.62. The molecule has 230 valence electrons. The number of nitrogens with zero attached hydrogens (tertiary/aromatic N) is 3. The first-order chi connectivity index (χ1) is 20.3. The quantitative estimate of drug-likeness (QED) is 0.269. The molecule has 1 aliphatic heterocycles. The van der Waals surface area contributed by atoms with Crippen molar-refractivity contribution in [2.24, 2.45) is 0 Å². The summed E-state index contributed by atoms with van der Waals surface area (Å²) >= 11 is 0. The maximum atomic E-state index is 15.1. The van der Waals surface area contributed by atoms with E-state index in [9.17, 15) is 23.1 Å². The lowest BCUT2D eigenvalue weighted by atomic mass is 9.87. The zero-order valence-electron chi connectivity index (χ0n) is 24.0. The third-order valence-electron chi connectivity index (χ3n) is 7.09. The molecule has 0 unspecified atom stereocenters. The number of carboxylic acid groups (broad SMARTS) is 1. The van der Waals surface area contributed by atoms with Gasteiger partial charge in [0.2, 0.25) is 16.0 Å². The molecule has 0 aliphatic carbocycles. The van der Waals surface area contributed by atoms with E-state index < -0.39 is 57.1 Å². The zero-order chi connectivity index (χ0) is 31.4. The van der Waals surface area contributed by atoms with Gasteiger partial charge in [0.05, 0.1) is 16.1 Å². The number of piperidine rings is 1. The molecular formula is C29H34F2N6O5S. The summed E-state index contributed by atoms with van der Waals surface area (Å²) < 4.78 is 58.5. The van der Waals surface area contributed by atoms with Crippen molar-refractivity contribution in [1.29, 1.82) is 0 Å². The summed E-state index contributed by atoms with van der Waals surface area (Å²) in [6.07, 6.45) is 4.48. The van der Waals surface area contributed by atoms with Gasteiger partial charge in [-0.25, -0.2) is 27.2 Å². The number of aromatic nitrogens is 2. The summed E-state index contributed by atoms with van der Waals surface area (Å²) in [5.74, 6) is -4.76. The number of nitrogens with one attached hydrogen (secondary N) is 3. The standard InChI is InChI=1S/C29H34F2N6O5S/c1-29(2,3)20-7-4-5-8-23(20)43(41,42)36-21(27(39)40)17-34-26(38)19-9-10-22(25(31)24(19)30)37-15-11-18(12-16-37)35-28-32-13-6-14-33-28/h4-10,13-14,18,21,36H,11-12,15-17H2,1-3H3,(H,34,38)(H,39,40)(H,32,33,35)/t21-/m0/s1. The number of sulfonamides is 1. The highest BCUT2D eigenvalue weighted by Gasteiger charge is 2.31. The van der Waals surface area contributed by atoms with Crippen molar-refractivity contribution in [2.75, 3.05) is 29.9 Å². The van der Waals surface area contributed by atoms with Gasteiger partial charge in [0, 0.05) is 38.1 Å². The van der Waals surface area contributed by atoms with Crippen molar-refractivity contribution < 1.29 is 31.9 Å². The normalized spacial score (nSPS) is 15.1. The lowest BCUT2D eigenvalue weighted by Crippen LogP contribution is -2.48. The fraction of sp³-hybridized carbons (Fsp3) is 0.379. The Kier molecular flexibility index (Phi) is 9.60. The summed E-state index contributed by atoms with van der Waals surface area (Å²) in [5, 5.41) is 15.1.